The van der Waals surface area contributed by atoms with E-state index in [-0.39, 0.29) is 47.6 Å². The predicted molar refractivity (Wildman–Crippen MR) is 86.5 cm³/mol. The Morgan fingerprint density at radius 2 is 1.88 bits per heavy atom. The molecule has 126 valence electrons. The van der Waals surface area contributed by atoms with Crippen LogP contribution in [-0.4, -0.2) is 27.2 Å². The molecule has 0 aliphatic heterocycles. The number of amides is 1. The third kappa shape index (κ3) is 4.98. The molecular formula is C17H13FN5NaO2. The largest absolute Gasteiger partial charge is 1.00 e. The number of rotatable bonds is 5. The summed E-state index contributed by atoms with van der Waals surface area (Å²) in [5, 5.41) is 25.6. The van der Waals surface area contributed by atoms with E-state index in [0.717, 1.165) is 5.56 Å². The number of nitrogens with zero attached hydrogens (tertiary/aromatic N) is 4. The molecule has 1 N–H and O–H groups in total. The Morgan fingerprint density at radius 1 is 1.19 bits per heavy atom. The van der Waals surface area contributed by atoms with Crippen molar-refractivity contribution in [3.8, 4) is 5.88 Å². The van der Waals surface area contributed by atoms with E-state index in [1.807, 2.05) is 30.3 Å². The van der Waals surface area contributed by atoms with E-state index in [1.54, 1.807) is 0 Å². The van der Waals surface area contributed by atoms with E-state index in [1.165, 1.54) is 30.5 Å². The minimum atomic E-state index is -0.732. The van der Waals surface area contributed by atoms with Crippen molar-refractivity contribution in [2.75, 3.05) is 0 Å². The molecule has 0 fully saturated rings. The summed E-state index contributed by atoms with van der Waals surface area (Å²) in [4.78, 5) is 12.8. The second kappa shape index (κ2) is 9.23. The van der Waals surface area contributed by atoms with Crippen molar-refractivity contribution in [1.82, 2.24) is 20.4 Å². The molecule has 0 radical (unpaired) electrons. The van der Waals surface area contributed by atoms with Crippen molar-refractivity contribution >= 4 is 12.1 Å². The van der Waals surface area contributed by atoms with Crippen LogP contribution < -0.4 is 40.0 Å². The van der Waals surface area contributed by atoms with Crippen molar-refractivity contribution in [2.45, 2.75) is 6.54 Å². The quantitative estimate of drug-likeness (QED) is 0.433. The number of nitrogens with one attached hydrogen (secondary N) is 1. The normalized spacial score (nSPS) is 10.5. The Hall–Kier alpha value is -2.55. The summed E-state index contributed by atoms with van der Waals surface area (Å²) >= 11 is 0. The molecule has 0 unspecified atom stereocenters. The van der Waals surface area contributed by atoms with Crippen LogP contribution in [-0.2, 0) is 6.54 Å². The second-order valence-electron chi connectivity index (χ2n) is 5.10. The molecule has 3 rings (SSSR count). The van der Waals surface area contributed by atoms with Crippen molar-refractivity contribution in [1.29, 1.82) is 0 Å². The van der Waals surface area contributed by atoms with Gasteiger partial charge in [-0.25, -0.2) is 4.39 Å². The zero-order chi connectivity index (χ0) is 17.6. The molecule has 0 saturated heterocycles. The standard InChI is InChI=1S/C17H14FN5O2.Na/c18-14-8-6-13(7-9-14)11-20-23-17(25)15(21-22-23)16(24)19-10-12-4-2-1-3-5-12;/h1-9,11,25H,10H2,(H,19,24);/q;+1/p-1/b20-11-;. The molecule has 0 aliphatic rings. The first-order chi connectivity index (χ1) is 12.1. The van der Waals surface area contributed by atoms with Crippen LogP contribution in [0.3, 0.4) is 0 Å². The van der Waals surface area contributed by atoms with Gasteiger partial charge in [0.15, 0.2) is 5.69 Å². The average molecular weight is 361 g/mol. The van der Waals surface area contributed by atoms with Gasteiger partial charge in [0, 0.05) is 12.4 Å². The van der Waals surface area contributed by atoms with E-state index < -0.39 is 11.8 Å². The van der Waals surface area contributed by atoms with Gasteiger partial charge in [0.25, 0.3) is 5.91 Å². The van der Waals surface area contributed by atoms with E-state index in [4.69, 9.17) is 0 Å². The number of halogens is 1. The molecule has 3 aromatic rings. The van der Waals surface area contributed by atoms with Crippen LogP contribution in [0.1, 0.15) is 21.6 Å². The fourth-order valence-electron chi connectivity index (χ4n) is 2.02. The fraction of sp³-hybridized carbons (Fsp3) is 0.0588. The van der Waals surface area contributed by atoms with Gasteiger partial charge in [-0.2, -0.15) is 5.10 Å². The predicted octanol–water partition coefficient (Wildman–Crippen LogP) is -1.69. The summed E-state index contributed by atoms with van der Waals surface area (Å²) in [5.74, 6) is -1.74. The minimum Gasteiger partial charge on any atom is -0.856 e. The summed E-state index contributed by atoms with van der Waals surface area (Å²) in [7, 11) is 0. The molecule has 9 heteroatoms. The second-order valence-corrected chi connectivity index (χ2v) is 5.10. The van der Waals surface area contributed by atoms with Gasteiger partial charge in [-0.1, -0.05) is 42.5 Å². The molecule has 1 heterocycles. The van der Waals surface area contributed by atoms with Gasteiger partial charge in [0.05, 0.1) is 6.21 Å². The Balaban J connectivity index is 0.00000243. The summed E-state index contributed by atoms with van der Waals surface area (Å²) in [6, 6.07) is 14.8. The van der Waals surface area contributed by atoms with Crippen LogP contribution >= 0.6 is 0 Å². The third-order valence-electron chi connectivity index (χ3n) is 3.31. The molecule has 2 aromatic carbocycles. The maximum Gasteiger partial charge on any atom is 1.00 e. The Morgan fingerprint density at radius 3 is 2.58 bits per heavy atom. The molecule has 0 bridgehead atoms. The van der Waals surface area contributed by atoms with Gasteiger partial charge in [-0.05, 0) is 28.5 Å². The van der Waals surface area contributed by atoms with Crippen molar-refractivity contribution in [3.63, 3.8) is 0 Å². The monoisotopic (exact) mass is 361 g/mol. The third-order valence-corrected chi connectivity index (χ3v) is 3.31. The van der Waals surface area contributed by atoms with Crippen LogP contribution in [0.2, 0.25) is 0 Å². The van der Waals surface area contributed by atoms with Gasteiger partial charge < -0.3 is 10.4 Å². The van der Waals surface area contributed by atoms with Crippen LogP contribution in [0, 0.1) is 5.82 Å². The van der Waals surface area contributed by atoms with E-state index in [2.05, 4.69) is 20.7 Å². The van der Waals surface area contributed by atoms with E-state index >= 15 is 0 Å². The minimum absolute atomic E-state index is 0. The van der Waals surface area contributed by atoms with E-state index in [9.17, 15) is 14.3 Å². The Bertz CT molecular complexity index is 897. The van der Waals surface area contributed by atoms with Gasteiger partial charge in [0.1, 0.15) is 5.82 Å². The molecule has 0 aliphatic carbocycles. The van der Waals surface area contributed by atoms with Gasteiger partial charge in [-0.3, -0.25) is 4.79 Å². The van der Waals surface area contributed by atoms with Crippen molar-refractivity contribution in [2.24, 2.45) is 5.10 Å². The summed E-state index contributed by atoms with van der Waals surface area (Å²) in [6.07, 6.45) is 1.32. The summed E-state index contributed by atoms with van der Waals surface area (Å²) in [5.41, 5.74) is 1.13. The molecule has 0 spiro atoms. The zero-order valence-electron chi connectivity index (χ0n) is 14.0. The smallest absolute Gasteiger partial charge is 0.856 e. The van der Waals surface area contributed by atoms with Gasteiger partial charge >= 0.3 is 29.6 Å². The van der Waals surface area contributed by atoms with Crippen LogP contribution in [0.5, 0.6) is 5.88 Å². The number of hydrogen-bond donors (Lipinski definition) is 1. The first-order valence-electron chi connectivity index (χ1n) is 7.38. The Labute approximate surface area is 170 Å². The summed E-state index contributed by atoms with van der Waals surface area (Å²) in [6.45, 7) is 0.269. The SMILES string of the molecule is O=C(NCc1ccccc1)c1nnn(/N=C\c2ccc(F)cc2)c1[O-].[Na+]. The van der Waals surface area contributed by atoms with Crippen molar-refractivity contribution < 1.29 is 43.8 Å². The van der Waals surface area contributed by atoms with E-state index in [0.29, 0.717) is 10.4 Å². The van der Waals surface area contributed by atoms with Gasteiger partial charge in [-0.15, -0.1) is 9.89 Å². The topological polar surface area (TPSA) is 95.2 Å². The van der Waals surface area contributed by atoms with Gasteiger partial charge in [0.2, 0.25) is 0 Å². The molecule has 0 atom stereocenters. The molecule has 26 heavy (non-hydrogen) atoms. The maximum absolute atomic E-state index is 12.8. The number of aromatic nitrogens is 3. The molecule has 1 amide bonds. The number of hydrogen-bond acceptors (Lipinski definition) is 5. The number of benzene rings is 2. The molecular weight excluding hydrogens is 348 g/mol. The zero-order valence-corrected chi connectivity index (χ0v) is 16.0. The molecule has 0 saturated carbocycles. The first kappa shape index (κ1) is 19.8. The van der Waals surface area contributed by atoms with Crippen molar-refractivity contribution in [3.05, 3.63) is 77.2 Å². The fourth-order valence-corrected chi connectivity index (χ4v) is 2.02. The molecule has 1 aromatic heterocycles. The average Bonchev–Trinajstić information content (AvgIpc) is 3.01. The van der Waals surface area contributed by atoms with Crippen LogP contribution in [0.15, 0.2) is 59.7 Å². The first-order valence-corrected chi connectivity index (χ1v) is 7.38. The van der Waals surface area contributed by atoms with Crippen LogP contribution in [0.25, 0.3) is 0 Å². The number of carbonyl (C=O) groups is 1. The Kier molecular flexibility index (Phi) is 7.02. The molecule has 7 nitrogen and oxygen atoms in total. The summed E-state index contributed by atoms with van der Waals surface area (Å²) < 4.78 is 12.8. The van der Waals surface area contributed by atoms with Crippen LogP contribution in [0.4, 0.5) is 4.39 Å². The number of carbonyl (C=O) groups excluding carboxylic acids is 1. The maximum atomic E-state index is 12.8.